The van der Waals surface area contributed by atoms with Crippen molar-refractivity contribution in [2.45, 2.75) is 24.5 Å². The summed E-state index contributed by atoms with van der Waals surface area (Å²) in [6.45, 7) is -0.571. The lowest BCUT2D eigenvalue weighted by molar-refractivity contribution is -0.0606. The highest BCUT2D eigenvalue weighted by atomic mass is 19.1. The van der Waals surface area contributed by atoms with E-state index in [0.717, 1.165) is 42.7 Å². The summed E-state index contributed by atoms with van der Waals surface area (Å²) in [6.07, 6.45) is -3.31. The van der Waals surface area contributed by atoms with Gasteiger partial charge in [0.2, 0.25) is 0 Å². The van der Waals surface area contributed by atoms with Crippen LogP contribution < -0.4 is 5.32 Å². The van der Waals surface area contributed by atoms with Crippen LogP contribution in [0.4, 0.5) is 19.0 Å². The minimum absolute atomic E-state index is 0.00692. The zero-order valence-electron chi connectivity index (χ0n) is 27.7. The number of ether oxygens (including phenoxy) is 4. The number of hydrogen-bond acceptors (Lipinski definition) is 11. The van der Waals surface area contributed by atoms with Crippen molar-refractivity contribution in [2.75, 3.05) is 11.9 Å². The van der Waals surface area contributed by atoms with Crippen molar-refractivity contribution in [2.24, 2.45) is 0 Å². The van der Waals surface area contributed by atoms with E-state index >= 15 is 0 Å². The van der Waals surface area contributed by atoms with Crippen molar-refractivity contribution in [1.82, 2.24) is 19.5 Å². The third-order valence-electron chi connectivity index (χ3n) is 8.29. The third kappa shape index (κ3) is 7.63. The number of aromatic nitrogens is 4. The summed E-state index contributed by atoms with van der Waals surface area (Å²) in [5.41, 5.74) is 0.430. The number of benzene rings is 4. The summed E-state index contributed by atoms with van der Waals surface area (Å²) in [7, 11) is 0. The van der Waals surface area contributed by atoms with Gasteiger partial charge >= 0.3 is 17.9 Å². The quantitative estimate of drug-likeness (QED) is 0.136. The summed E-state index contributed by atoms with van der Waals surface area (Å²) in [5.74, 6) is -5.04. The van der Waals surface area contributed by atoms with Crippen LogP contribution in [0.3, 0.4) is 0 Å². The molecule has 1 N–H and O–H groups in total. The fraction of sp³-hybridized carbons (Fsp3) is 0.132. The largest absolute Gasteiger partial charge is 0.459 e. The molecule has 0 radical (unpaired) electrons. The molecule has 1 fully saturated rings. The Balaban J connectivity index is 1.25. The van der Waals surface area contributed by atoms with E-state index in [9.17, 15) is 32.3 Å². The number of carbonyl (C=O) groups excluding carboxylic acids is 4. The van der Waals surface area contributed by atoms with Gasteiger partial charge in [-0.15, -0.1) is 0 Å². The zero-order chi connectivity index (χ0) is 37.8. The first-order valence-electron chi connectivity index (χ1n) is 16.2. The average Bonchev–Trinajstić information content (AvgIpc) is 3.76. The number of hydrogen-bond donors (Lipinski definition) is 1. The Labute approximate surface area is 303 Å². The summed E-state index contributed by atoms with van der Waals surface area (Å²) < 4.78 is 65.9. The van der Waals surface area contributed by atoms with E-state index in [1.165, 1.54) is 47.3 Å². The lowest BCUT2D eigenvalue weighted by atomic mass is 10.1. The van der Waals surface area contributed by atoms with Gasteiger partial charge in [0.25, 0.3) is 5.91 Å². The van der Waals surface area contributed by atoms with E-state index in [1.54, 1.807) is 30.3 Å². The molecule has 0 unspecified atom stereocenters. The first-order valence-corrected chi connectivity index (χ1v) is 16.2. The van der Waals surface area contributed by atoms with Crippen LogP contribution in [0.2, 0.25) is 0 Å². The fourth-order valence-corrected chi connectivity index (χ4v) is 5.62. The van der Waals surface area contributed by atoms with Crippen molar-refractivity contribution in [3.63, 3.8) is 0 Å². The first kappa shape index (κ1) is 35.5. The Morgan fingerprint density at radius 1 is 0.648 bits per heavy atom. The van der Waals surface area contributed by atoms with Crippen LogP contribution in [0.1, 0.15) is 47.7 Å². The van der Waals surface area contributed by atoms with E-state index in [4.69, 9.17) is 18.9 Å². The number of nitrogens with zero attached hydrogens (tertiary/aromatic N) is 4. The Morgan fingerprint density at radius 3 is 1.76 bits per heavy atom. The van der Waals surface area contributed by atoms with Crippen molar-refractivity contribution in [3.05, 3.63) is 155 Å². The maximum absolute atomic E-state index is 13.7. The Morgan fingerprint density at radius 2 is 1.19 bits per heavy atom. The van der Waals surface area contributed by atoms with Gasteiger partial charge in [0.05, 0.1) is 23.0 Å². The molecule has 3 heterocycles. The predicted octanol–water partition coefficient (Wildman–Crippen LogP) is 5.70. The molecule has 54 heavy (non-hydrogen) atoms. The molecular weight excluding hydrogens is 711 g/mol. The standard InChI is InChI=1S/C38H26F3N5O8/c39-25-12-6-22(7-13-25)36(48)51-18-28-30(53-37(49)23-8-14-26(40)15-9-23)31(54-38(50)24-10-16-27(41)17-11-24)35(52-28)46-20-44-29-32(42-19-43-33(29)46)45-34(47)21-4-2-1-3-5-21/h1-17,19-20,28,30-31,35H,18H2,(H,42,43,45,47)/t28-,30+,31+,35+/m0/s1. The summed E-state index contributed by atoms with van der Waals surface area (Å²) >= 11 is 0. The maximum Gasteiger partial charge on any atom is 0.338 e. The van der Waals surface area contributed by atoms with Crippen LogP contribution in [0, 0.1) is 17.5 Å². The number of esters is 3. The molecule has 1 saturated heterocycles. The van der Waals surface area contributed by atoms with E-state index in [2.05, 4.69) is 20.3 Å². The van der Waals surface area contributed by atoms with Crippen molar-refractivity contribution in [3.8, 4) is 0 Å². The monoisotopic (exact) mass is 737 g/mol. The number of anilines is 1. The highest BCUT2D eigenvalue weighted by Crippen LogP contribution is 2.37. The molecule has 1 aliphatic rings. The van der Waals surface area contributed by atoms with E-state index in [-0.39, 0.29) is 33.7 Å². The van der Waals surface area contributed by atoms with Gasteiger partial charge < -0.3 is 24.3 Å². The number of carbonyl (C=O) groups is 4. The second-order valence-corrected chi connectivity index (χ2v) is 11.8. The normalized spacial score (nSPS) is 17.8. The molecule has 1 aliphatic heterocycles. The maximum atomic E-state index is 13.7. The molecule has 1 amide bonds. The van der Waals surface area contributed by atoms with E-state index in [1.807, 2.05) is 0 Å². The molecule has 7 rings (SSSR count). The minimum atomic E-state index is -1.52. The van der Waals surface area contributed by atoms with E-state index in [0.29, 0.717) is 5.56 Å². The molecule has 4 aromatic carbocycles. The fourth-order valence-electron chi connectivity index (χ4n) is 5.62. The van der Waals surface area contributed by atoms with Crippen molar-refractivity contribution in [1.29, 1.82) is 0 Å². The highest BCUT2D eigenvalue weighted by Gasteiger charge is 2.52. The average molecular weight is 738 g/mol. The lowest BCUT2D eigenvalue weighted by Crippen LogP contribution is -2.41. The van der Waals surface area contributed by atoms with Crippen LogP contribution in [0.15, 0.2) is 116 Å². The number of amides is 1. The van der Waals surface area contributed by atoms with Gasteiger partial charge in [0.15, 0.2) is 35.4 Å². The Bertz CT molecular complexity index is 2320. The first-order chi connectivity index (χ1) is 26.1. The summed E-state index contributed by atoms with van der Waals surface area (Å²) in [4.78, 5) is 65.8. The highest BCUT2D eigenvalue weighted by molar-refractivity contribution is 6.06. The van der Waals surface area contributed by atoms with Crippen molar-refractivity contribution >= 4 is 40.8 Å². The topological polar surface area (TPSA) is 161 Å². The Hall–Kier alpha value is -6.94. The van der Waals surface area contributed by atoms with Gasteiger partial charge in [-0.05, 0) is 84.9 Å². The molecule has 4 atom stereocenters. The molecule has 0 bridgehead atoms. The van der Waals surface area contributed by atoms with Crippen LogP contribution in [-0.2, 0) is 18.9 Å². The van der Waals surface area contributed by atoms with Crippen LogP contribution >= 0.6 is 0 Å². The summed E-state index contributed by atoms with van der Waals surface area (Å²) in [6, 6.07) is 21.8. The molecule has 272 valence electrons. The van der Waals surface area contributed by atoms with Gasteiger partial charge in [-0.2, -0.15) is 0 Å². The van der Waals surface area contributed by atoms with Gasteiger partial charge in [-0.1, -0.05) is 18.2 Å². The van der Waals surface area contributed by atoms with Crippen LogP contribution in [-0.4, -0.2) is 68.3 Å². The van der Waals surface area contributed by atoms with E-state index < -0.39 is 72.4 Å². The van der Waals surface area contributed by atoms with Crippen LogP contribution in [0.25, 0.3) is 11.2 Å². The molecule has 0 spiro atoms. The molecule has 2 aromatic heterocycles. The smallest absolute Gasteiger partial charge is 0.338 e. The van der Waals surface area contributed by atoms with Gasteiger partial charge in [0.1, 0.15) is 36.5 Å². The van der Waals surface area contributed by atoms with Gasteiger partial charge in [0, 0.05) is 5.56 Å². The molecule has 0 saturated carbocycles. The molecule has 16 heteroatoms. The lowest BCUT2D eigenvalue weighted by Gasteiger charge is -2.25. The molecular formula is C38H26F3N5O8. The SMILES string of the molecule is O=C(Nc1ncnc2c1ncn2[C@@H]1O[C@@H](COC(=O)c2ccc(F)cc2)[C@@H](OC(=O)c2ccc(F)cc2)[C@H]1OC(=O)c1ccc(F)cc1)c1ccccc1. The number of halogens is 3. The molecule has 6 aromatic rings. The van der Waals surface area contributed by atoms with Crippen LogP contribution in [0.5, 0.6) is 0 Å². The second-order valence-electron chi connectivity index (χ2n) is 11.8. The zero-order valence-corrected chi connectivity index (χ0v) is 27.7. The van der Waals surface area contributed by atoms with Gasteiger partial charge in [-0.3, -0.25) is 9.36 Å². The third-order valence-corrected chi connectivity index (χ3v) is 8.29. The van der Waals surface area contributed by atoms with Gasteiger partial charge in [-0.25, -0.2) is 42.5 Å². The second kappa shape index (κ2) is 15.3. The van der Waals surface area contributed by atoms with Crippen molar-refractivity contribution < 1.29 is 51.3 Å². The molecule has 13 nitrogen and oxygen atoms in total. The number of rotatable bonds is 10. The Kier molecular flexibility index (Phi) is 10.1. The predicted molar refractivity (Wildman–Crippen MR) is 182 cm³/mol. The number of nitrogens with one attached hydrogen (secondary N) is 1. The number of fused-ring (bicyclic) bond motifs is 1. The minimum Gasteiger partial charge on any atom is -0.459 e. The molecule has 0 aliphatic carbocycles. The number of imidazole rings is 1. The summed E-state index contributed by atoms with van der Waals surface area (Å²) in [5, 5.41) is 2.69.